The number of amides is 1. The van der Waals surface area contributed by atoms with Gasteiger partial charge in [-0.15, -0.1) is 0 Å². The molecule has 1 saturated heterocycles. The number of sulfone groups is 1. The van der Waals surface area contributed by atoms with Gasteiger partial charge < -0.3 is 4.90 Å². The molecular weight excluding hydrogens is 288 g/mol. The maximum Gasteiger partial charge on any atom is 0.237 e. The second-order valence-corrected chi connectivity index (χ2v) is 8.71. The summed E-state index contributed by atoms with van der Waals surface area (Å²) in [7, 11) is -1.02. The first-order valence-corrected chi connectivity index (χ1v) is 9.95. The van der Waals surface area contributed by atoms with Crippen molar-refractivity contribution in [1.29, 1.82) is 0 Å². The molecule has 21 heavy (non-hydrogen) atoms. The van der Waals surface area contributed by atoms with Gasteiger partial charge in [-0.05, 0) is 32.9 Å². The fourth-order valence-corrected chi connectivity index (χ4v) is 5.20. The van der Waals surface area contributed by atoms with Crippen molar-refractivity contribution in [3.63, 3.8) is 0 Å². The van der Waals surface area contributed by atoms with Gasteiger partial charge in [0.05, 0.1) is 18.1 Å². The largest absolute Gasteiger partial charge is 0.335 e. The third kappa shape index (κ3) is 4.42. The number of carbonyl (C=O) groups is 1. The molecule has 5 nitrogen and oxygen atoms in total. The first-order chi connectivity index (χ1) is 9.93. The predicted molar refractivity (Wildman–Crippen MR) is 83.9 cm³/mol. The Morgan fingerprint density at radius 2 is 1.76 bits per heavy atom. The zero-order valence-corrected chi connectivity index (χ0v) is 14.1. The summed E-state index contributed by atoms with van der Waals surface area (Å²) < 4.78 is 23.6. The molecule has 2 aliphatic rings. The molecule has 1 aliphatic heterocycles. The minimum atomic E-state index is -2.95. The third-order valence-corrected chi connectivity index (χ3v) is 6.55. The number of hydrogen-bond acceptors (Lipinski definition) is 4. The summed E-state index contributed by atoms with van der Waals surface area (Å²) in [4.78, 5) is 16.6. The van der Waals surface area contributed by atoms with Crippen molar-refractivity contribution in [3.05, 3.63) is 0 Å². The Labute approximate surface area is 128 Å². The molecule has 0 aromatic carbocycles. The lowest BCUT2D eigenvalue weighted by Gasteiger charge is -2.39. The van der Waals surface area contributed by atoms with Gasteiger partial charge >= 0.3 is 0 Å². The smallest absolute Gasteiger partial charge is 0.237 e. The Bertz CT molecular complexity index is 458. The molecule has 2 rings (SSSR count). The van der Waals surface area contributed by atoms with Crippen LogP contribution in [-0.2, 0) is 14.6 Å². The van der Waals surface area contributed by atoms with Crippen molar-refractivity contribution in [2.75, 3.05) is 31.6 Å². The Morgan fingerprint density at radius 1 is 1.10 bits per heavy atom. The van der Waals surface area contributed by atoms with E-state index in [1.165, 1.54) is 6.42 Å². The summed E-state index contributed by atoms with van der Waals surface area (Å²) in [6.07, 6.45) is 6.20. The second kappa shape index (κ2) is 7.09. The molecule has 1 saturated carbocycles. The molecule has 0 aromatic rings. The maximum atomic E-state index is 12.7. The quantitative estimate of drug-likeness (QED) is 0.767. The Morgan fingerprint density at radius 3 is 2.29 bits per heavy atom. The van der Waals surface area contributed by atoms with Gasteiger partial charge in [0.1, 0.15) is 0 Å². The Kier molecular flexibility index (Phi) is 5.66. The molecular formula is C15H28N2O3S. The van der Waals surface area contributed by atoms with Crippen LogP contribution in [0.1, 0.15) is 45.4 Å². The number of likely N-dealkylation sites (N-methyl/N-ethyl adjacent to an activating group) is 1. The number of hydrogen-bond donors (Lipinski definition) is 0. The first-order valence-electron chi connectivity index (χ1n) is 8.13. The fourth-order valence-electron chi connectivity index (χ4n) is 3.48. The number of nitrogens with zero attached hydrogens (tertiary/aromatic N) is 2. The van der Waals surface area contributed by atoms with Gasteiger partial charge in [0.15, 0.2) is 9.84 Å². The van der Waals surface area contributed by atoms with E-state index >= 15 is 0 Å². The van der Waals surface area contributed by atoms with Crippen LogP contribution in [0.4, 0.5) is 0 Å². The van der Waals surface area contributed by atoms with Crippen molar-refractivity contribution in [1.82, 2.24) is 9.80 Å². The molecule has 6 heteroatoms. The lowest BCUT2D eigenvalue weighted by Crippen LogP contribution is -2.51. The average Bonchev–Trinajstić information content (AvgIpc) is 2.80. The van der Waals surface area contributed by atoms with Crippen molar-refractivity contribution < 1.29 is 13.2 Å². The van der Waals surface area contributed by atoms with Gasteiger partial charge in [-0.2, -0.15) is 0 Å². The molecule has 0 aromatic heterocycles. The van der Waals surface area contributed by atoms with Crippen molar-refractivity contribution in [2.45, 2.75) is 57.5 Å². The normalized spacial score (nSPS) is 26.1. The van der Waals surface area contributed by atoms with Gasteiger partial charge in [-0.1, -0.05) is 26.2 Å². The lowest BCUT2D eigenvalue weighted by atomic mass is 9.93. The Balaban J connectivity index is 2.11. The van der Waals surface area contributed by atoms with Crippen LogP contribution >= 0.6 is 0 Å². The van der Waals surface area contributed by atoms with Crippen molar-refractivity contribution >= 4 is 15.7 Å². The minimum absolute atomic E-state index is 0.101. The fraction of sp³-hybridized carbons (Fsp3) is 0.933. The summed E-state index contributed by atoms with van der Waals surface area (Å²) >= 11 is 0. The predicted octanol–water partition coefficient (Wildman–Crippen LogP) is 1.29. The summed E-state index contributed by atoms with van der Waals surface area (Å²) in [5, 5.41) is 0. The van der Waals surface area contributed by atoms with Crippen LogP contribution in [0, 0.1) is 0 Å². The molecule has 0 N–H and O–H groups in total. The molecule has 2 fully saturated rings. The van der Waals surface area contributed by atoms with Gasteiger partial charge in [0.2, 0.25) is 5.91 Å². The highest BCUT2D eigenvalue weighted by Gasteiger charge is 2.38. The van der Waals surface area contributed by atoms with E-state index < -0.39 is 9.84 Å². The average molecular weight is 316 g/mol. The van der Waals surface area contributed by atoms with E-state index in [-0.39, 0.29) is 29.5 Å². The highest BCUT2D eigenvalue weighted by molar-refractivity contribution is 7.91. The summed E-state index contributed by atoms with van der Waals surface area (Å²) in [6.45, 7) is 3.25. The van der Waals surface area contributed by atoms with E-state index in [1.807, 2.05) is 23.8 Å². The molecule has 1 atom stereocenters. The molecule has 1 heterocycles. The van der Waals surface area contributed by atoms with Crippen LogP contribution < -0.4 is 0 Å². The van der Waals surface area contributed by atoms with E-state index in [2.05, 4.69) is 0 Å². The van der Waals surface area contributed by atoms with Gasteiger partial charge in [-0.25, -0.2) is 8.42 Å². The molecule has 1 amide bonds. The molecule has 0 bridgehead atoms. The molecule has 1 unspecified atom stereocenters. The summed E-state index contributed by atoms with van der Waals surface area (Å²) in [5.41, 5.74) is 0. The van der Waals surface area contributed by atoms with Crippen LogP contribution in [0.25, 0.3) is 0 Å². The topological polar surface area (TPSA) is 57.7 Å². The lowest BCUT2D eigenvalue weighted by molar-refractivity contribution is -0.137. The molecule has 0 radical (unpaired) electrons. The summed E-state index contributed by atoms with van der Waals surface area (Å²) in [5.74, 6) is 0.497. The van der Waals surface area contributed by atoms with Crippen LogP contribution in [0.15, 0.2) is 0 Å². The van der Waals surface area contributed by atoms with Gasteiger partial charge in [0.25, 0.3) is 0 Å². The first kappa shape index (κ1) is 16.7. The standard InChI is InChI=1S/C15H28N2O3S/c1-3-16(2)11-15(18)17(13-7-5-4-6-8-13)14-9-10-21(19,20)12-14/h13-14H,3-12H2,1-2H3. The van der Waals surface area contributed by atoms with Crippen LogP contribution in [0.2, 0.25) is 0 Å². The molecule has 1 aliphatic carbocycles. The minimum Gasteiger partial charge on any atom is -0.335 e. The SMILES string of the molecule is CCN(C)CC(=O)N(C1CCCCC1)C1CCS(=O)(=O)C1. The zero-order valence-electron chi connectivity index (χ0n) is 13.3. The highest BCUT2D eigenvalue weighted by Crippen LogP contribution is 2.28. The summed E-state index contributed by atoms with van der Waals surface area (Å²) in [6, 6.07) is 0.144. The third-order valence-electron chi connectivity index (χ3n) is 4.80. The van der Waals surface area contributed by atoms with Crippen LogP contribution in [-0.4, -0.2) is 67.9 Å². The van der Waals surface area contributed by atoms with Crippen molar-refractivity contribution in [2.24, 2.45) is 0 Å². The molecule has 0 spiro atoms. The van der Waals surface area contributed by atoms with E-state index in [0.717, 1.165) is 32.2 Å². The van der Waals surface area contributed by atoms with Gasteiger partial charge in [-0.3, -0.25) is 9.69 Å². The van der Waals surface area contributed by atoms with E-state index in [0.29, 0.717) is 13.0 Å². The second-order valence-electron chi connectivity index (χ2n) is 6.48. The Hall–Kier alpha value is -0.620. The van der Waals surface area contributed by atoms with Crippen LogP contribution in [0.3, 0.4) is 0 Å². The number of rotatable bonds is 5. The number of carbonyl (C=O) groups excluding carboxylic acids is 1. The van der Waals surface area contributed by atoms with E-state index in [1.54, 1.807) is 0 Å². The van der Waals surface area contributed by atoms with Crippen LogP contribution in [0.5, 0.6) is 0 Å². The highest BCUT2D eigenvalue weighted by atomic mass is 32.2. The van der Waals surface area contributed by atoms with Crippen molar-refractivity contribution in [3.8, 4) is 0 Å². The van der Waals surface area contributed by atoms with Gasteiger partial charge in [0, 0.05) is 12.1 Å². The maximum absolute atomic E-state index is 12.7. The van der Waals surface area contributed by atoms with E-state index in [9.17, 15) is 13.2 Å². The molecule has 122 valence electrons. The zero-order chi connectivity index (χ0) is 15.5. The van der Waals surface area contributed by atoms with E-state index in [4.69, 9.17) is 0 Å². The monoisotopic (exact) mass is 316 g/mol.